The van der Waals surface area contributed by atoms with Crippen molar-refractivity contribution in [3.8, 4) is 0 Å². The van der Waals surface area contributed by atoms with E-state index in [0.29, 0.717) is 0 Å². The molecule has 2 heterocycles. The van der Waals surface area contributed by atoms with Crippen molar-refractivity contribution in [1.82, 2.24) is 19.6 Å². The van der Waals surface area contributed by atoms with Gasteiger partial charge >= 0.3 is 33.9 Å². The van der Waals surface area contributed by atoms with Gasteiger partial charge in [-0.15, -0.1) is 0 Å². The molecule has 0 spiro atoms. The molecule has 0 bridgehead atoms. The van der Waals surface area contributed by atoms with Crippen molar-refractivity contribution in [2.24, 2.45) is 0 Å². The Kier molecular flexibility index (Phi) is 18.9. The number of hydrogen-bond donors (Lipinski definition) is 0. The zero-order valence-electron chi connectivity index (χ0n) is 15.9. The van der Waals surface area contributed by atoms with Crippen LogP contribution in [0.1, 0.15) is 28.7 Å². The normalized spacial score (nSPS) is 8.96. The number of rotatable bonds is 5. The largest absolute Gasteiger partial charge is 0 e. The maximum absolute atomic E-state index is 7.50. The van der Waals surface area contributed by atoms with Gasteiger partial charge in [-0.05, 0) is 39.8 Å². The van der Waals surface area contributed by atoms with E-state index in [1.807, 2.05) is 49.2 Å². The van der Waals surface area contributed by atoms with Gasteiger partial charge in [0, 0.05) is 46.7 Å². The van der Waals surface area contributed by atoms with E-state index in [-0.39, 0.29) is 27.0 Å². The van der Waals surface area contributed by atoms with Crippen LogP contribution in [0.3, 0.4) is 0 Å². The molecule has 2 rings (SSSR count). The van der Waals surface area contributed by atoms with Gasteiger partial charge in [0.15, 0.2) is 0 Å². The summed E-state index contributed by atoms with van der Waals surface area (Å²) in [4.78, 5) is 0. The van der Waals surface area contributed by atoms with Gasteiger partial charge in [0.05, 0.1) is 11.4 Å². The Morgan fingerprint density at radius 2 is 1.11 bits per heavy atom. The zero-order chi connectivity index (χ0) is 20.9. The van der Waals surface area contributed by atoms with Crippen molar-refractivity contribution in [3.05, 3.63) is 54.9 Å². The van der Waals surface area contributed by atoms with Crippen molar-refractivity contribution in [2.45, 2.75) is 33.6 Å². The minimum absolute atomic E-state index is 0. The predicted octanol–water partition coefficient (Wildman–Crippen LogP) is 2.81. The van der Waals surface area contributed by atoms with E-state index in [1.54, 1.807) is 14.2 Å². The molecule has 9 nitrogen and oxygen atoms in total. The average Bonchev–Trinajstić information content (AvgIpc) is 3.18. The summed E-state index contributed by atoms with van der Waals surface area (Å²) in [6.07, 6.45) is 0. The first kappa shape index (κ1) is 30.4. The molecule has 0 saturated heterocycles. The maximum atomic E-state index is 7.50. The van der Waals surface area contributed by atoms with E-state index < -0.39 is 8.38 Å². The van der Waals surface area contributed by atoms with E-state index in [1.165, 1.54) is 0 Å². The number of aromatic nitrogens is 4. The second-order valence-electron chi connectivity index (χ2n) is 4.74. The molecule has 0 N–H and O–H groups in total. The molecule has 27 heavy (non-hydrogen) atoms. The minimum atomic E-state index is -1.18. The summed E-state index contributed by atoms with van der Waals surface area (Å²) in [5, 5.41) is 9.13. The quantitative estimate of drug-likeness (QED) is 0.316. The summed E-state index contributed by atoms with van der Waals surface area (Å²) in [7, 11) is 2.13. The van der Waals surface area contributed by atoms with Crippen LogP contribution in [0.5, 0.6) is 0 Å². The Balaban J connectivity index is -0.000000749. The van der Waals surface area contributed by atoms with Crippen molar-refractivity contribution in [1.29, 1.82) is 0 Å². The van der Waals surface area contributed by atoms with Crippen LogP contribution in [0.4, 0.5) is 0 Å². The maximum Gasteiger partial charge on any atom is 0 e. The number of hydrogen-bond acceptors (Lipinski definition) is 4. The molecule has 0 saturated carbocycles. The van der Waals surface area contributed by atoms with Crippen LogP contribution in [0.2, 0.25) is 0 Å². The van der Waals surface area contributed by atoms with Crippen LogP contribution in [-0.4, -0.2) is 33.8 Å². The third kappa shape index (κ3) is 8.48. The smallest absolute Gasteiger partial charge is 0 e. The first-order valence-electron chi connectivity index (χ1n) is 7.02. The van der Waals surface area contributed by atoms with Crippen molar-refractivity contribution >= 4 is 8.38 Å². The monoisotopic (exact) mass is 564 g/mol. The fourth-order valence-electron chi connectivity index (χ4n) is 2.31. The van der Waals surface area contributed by atoms with Gasteiger partial charge in [-0.1, -0.05) is 0 Å². The summed E-state index contributed by atoms with van der Waals surface area (Å²) < 4.78 is 37.4. The van der Waals surface area contributed by atoms with Crippen LogP contribution >= 0.6 is 8.38 Å². The van der Waals surface area contributed by atoms with Gasteiger partial charge in [-0.25, -0.2) is 9.36 Å². The Labute approximate surface area is 174 Å². The minimum Gasteiger partial charge on any atom is 0 e. The fraction of sp³-hybridized carbons (Fsp3) is 0.438. The Morgan fingerprint density at radius 3 is 1.30 bits per heavy atom. The Hall–Kier alpha value is -1.32. The van der Waals surface area contributed by atoms with Crippen LogP contribution < -0.4 is 0 Å². The molecule has 11 heteroatoms. The summed E-state index contributed by atoms with van der Waals surface area (Å²) in [5.41, 5.74) is 4.05. The van der Waals surface area contributed by atoms with Gasteiger partial charge in [0.1, 0.15) is 0 Å². The summed E-state index contributed by atoms with van der Waals surface area (Å²) in [6.45, 7) is 21.5. The molecule has 146 valence electrons. The molecule has 0 fully saturated rings. The SMILES string of the molecule is COP(OC)C(n1nc(C)cc1C)n1nc(C)cc1C.[C-]#[O+].[C-]#[O+].[C-]#[O+].[W]. The van der Waals surface area contributed by atoms with Crippen molar-refractivity contribution in [3.63, 3.8) is 0 Å². The van der Waals surface area contributed by atoms with Crippen LogP contribution in [0.15, 0.2) is 12.1 Å². The third-order valence-corrected chi connectivity index (χ3v) is 4.61. The van der Waals surface area contributed by atoms with E-state index >= 15 is 0 Å². The van der Waals surface area contributed by atoms with E-state index in [2.05, 4.69) is 30.1 Å². The van der Waals surface area contributed by atoms with Gasteiger partial charge < -0.3 is 9.05 Å². The topological polar surface area (TPSA) is 114 Å². The second kappa shape index (κ2) is 16.8. The van der Waals surface area contributed by atoms with Gasteiger partial charge in [0.2, 0.25) is 14.3 Å². The number of nitrogens with zero attached hydrogens (tertiary/aromatic N) is 4. The van der Waals surface area contributed by atoms with Gasteiger partial charge in [-0.3, -0.25) is 0 Å². The second-order valence-corrected chi connectivity index (χ2v) is 6.50. The summed E-state index contributed by atoms with van der Waals surface area (Å²) in [5.74, 6) is -0.206. The van der Waals surface area contributed by atoms with Crippen LogP contribution in [0.25, 0.3) is 0 Å². The predicted molar refractivity (Wildman–Crippen MR) is 90.6 cm³/mol. The van der Waals surface area contributed by atoms with Crippen LogP contribution in [-0.2, 0) is 44.1 Å². The average molecular weight is 564 g/mol. The first-order chi connectivity index (χ1) is 12.5. The zero-order valence-corrected chi connectivity index (χ0v) is 19.7. The van der Waals surface area contributed by atoms with Gasteiger partial charge in [-0.2, -0.15) is 10.2 Å². The van der Waals surface area contributed by atoms with Crippen molar-refractivity contribution in [2.75, 3.05) is 14.2 Å². The molecule has 0 unspecified atom stereocenters. The molecule has 0 aromatic carbocycles. The van der Waals surface area contributed by atoms with E-state index in [0.717, 1.165) is 22.8 Å². The van der Waals surface area contributed by atoms with Gasteiger partial charge in [0.25, 0.3) is 0 Å². The standard InChI is InChI=1S/C13H21N4O2P.3CO.W/c1-9-7-11(3)16(14-9)13(20(18-5)19-6)17-12(4)8-10(2)15-17;3*1-2;/h7-8,13H,1-6H3;;;;. The van der Waals surface area contributed by atoms with E-state index in [4.69, 9.17) is 23.0 Å². The summed E-state index contributed by atoms with van der Waals surface area (Å²) >= 11 is 0. The fourth-order valence-corrected chi connectivity index (χ4v) is 3.66. The van der Waals surface area contributed by atoms with Crippen molar-refractivity contribution < 1.29 is 44.1 Å². The first-order valence-corrected chi connectivity index (χ1v) is 8.26. The Morgan fingerprint density at radius 1 is 0.815 bits per heavy atom. The summed E-state index contributed by atoms with van der Waals surface area (Å²) in [6, 6.07) is 4.08. The molecule has 2 aromatic heterocycles. The molecule has 0 aliphatic heterocycles. The molecule has 0 radical (unpaired) electrons. The van der Waals surface area contributed by atoms with E-state index in [9.17, 15) is 0 Å². The molecule has 0 atom stereocenters. The molecule has 0 aliphatic rings. The molecule has 2 aromatic rings. The molecular formula is C16H21N4O5PW. The molecule has 0 aliphatic carbocycles. The molecule has 0 amide bonds. The Bertz CT molecular complexity index is 662. The van der Waals surface area contributed by atoms with Crippen LogP contribution in [0, 0.1) is 47.6 Å². The number of aryl methyl sites for hydroxylation is 4. The third-order valence-electron chi connectivity index (χ3n) is 3.08. The molecular weight excluding hydrogens is 543 g/mol.